The first kappa shape index (κ1) is 6.82. The van der Waals surface area contributed by atoms with Crippen molar-refractivity contribution in [1.29, 1.82) is 0 Å². The molecule has 0 heterocycles. The lowest BCUT2D eigenvalue weighted by Gasteiger charge is -1.95. The lowest BCUT2D eigenvalue weighted by atomic mass is 10.6. The van der Waals surface area contributed by atoms with Crippen LogP contribution < -0.4 is 5.32 Å². The van der Waals surface area contributed by atoms with Crippen LogP contribution in [0.5, 0.6) is 0 Å². The van der Waals surface area contributed by atoms with Crippen molar-refractivity contribution in [2.75, 3.05) is 13.1 Å². The quantitative estimate of drug-likeness (QED) is 0.566. The van der Waals surface area contributed by atoms with E-state index < -0.39 is 6.43 Å². The third-order valence-electron chi connectivity index (χ3n) is 0.549. The van der Waals surface area contributed by atoms with Crippen LogP contribution in [-0.4, -0.2) is 19.5 Å². The summed E-state index contributed by atoms with van der Waals surface area (Å²) in [5, 5.41) is 2.50. The number of hydrogen-bond acceptors (Lipinski definition) is 1. The number of halogens is 2. The Kier molecular flexibility index (Phi) is 3.89. The molecule has 0 aromatic carbocycles. The van der Waals surface area contributed by atoms with Crippen molar-refractivity contribution < 1.29 is 8.78 Å². The zero-order valence-corrected chi connectivity index (χ0v) is 4.25. The molecule has 3 heteroatoms. The fourth-order valence-electron chi connectivity index (χ4n) is 0.253. The molecule has 0 bridgehead atoms. The largest absolute Gasteiger partial charge is 0.312 e. The minimum Gasteiger partial charge on any atom is -0.312 e. The molecule has 0 unspecified atom stereocenters. The highest BCUT2D eigenvalue weighted by Crippen LogP contribution is 1.85. The van der Waals surface area contributed by atoms with Gasteiger partial charge in [0.2, 0.25) is 0 Å². The topological polar surface area (TPSA) is 12.0 Å². The number of hydrogen-bond donors (Lipinski definition) is 1. The minimum absolute atomic E-state index is 0.184. The summed E-state index contributed by atoms with van der Waals surface area (Å²) in [6, 6.07) is 0. The van der Waals surface area contributed by atoms with Crippen LogP contribution in [0.2, 0.25) is 0 Å². The Balaban J connectivity index is 2.68. The van der Waals surface area contributed by atoms with Crippen molar-refractivity contribution in [2.24, 2.45) is 0 Å². The highest BCUT2D eigenvalue weighted by atomic mass is 19.3. The molecule has 44 valence electrons. The molecule has 0 aliphatic heterocycles. The normalized spacial score (nSPS) is 10.3. The van der Waals surface area contributed by atoms with Gasteiger partial charge in [0.1, 0.15) is 0 Å². The molecule has 0 aliphatic rings. The predicted octanol–water partition coefficient (Wildman–Crippen LogP) is 0.861. The second-order valence-corrected chi connectivity index (χ2v) is 1.20. The van der Waals surface area contributed by atoms with Crippen LogP contribution in [0.4, 0.5) is 8.78 Å². The van der Waals surface area contributed by atoms with E-state index in [0.29, 0.717) is 6.54 Å². The van der Waals surface area contributed by atoms with Crippen LogP contribution in [0.1, 0.15) is 6.92 Å². The van der Waals surface area contributed by atoms with Gasteiger partial charge in [-0.05, 0) is 6.54 Å². The van der Waals surface area contributed by atoms with Gasteiger partial charge in [-0.15, -0.1) is 0 Å². The lowest BCUT2D eigenvalue weighted by Crippen LogP contribution is -2.20. The van der Waals surface area contributed by atoms with Gasteiger partial charge in [0.05, 0.1) is 6.54 Å². The molecule has 1 N–H and O–H groups in total. The van der Waals surface area contributed by atoms with Gasteiger partial charge >= 0.3 is 0 Å². The van der Waals surface area contributed by atoms with Crippen LogP contribution in [0, 0.1) is 0 Å². The number of rotatable bonds is 3. The van der Waals surface area contributed by atoms with Gasteiger partial charge < -0.3 is 5.32 Å². The first-order valence-electron chi connectivity index (χ1n) is 2.26. The van der Waals surface area contributed by atoms with Crippen LogP contribution in [-0.2, 0) is 0 Å². The highest BCUT2D eigenvalue weighted by molar-refractivity contribution is 4.42. The first-order valence-corrected chi connectivity index (χ1v) is 2.26. The standard InChI is InChI=1S/C4H9F2N/c1-2-7-3-4(5)6/h4,7H,2-3H2,1H3. The van der Waals surface area contributed by atoms with Gasteiger partial charge in [-0.2, -0.15) is 0 Å². The maximum absolute atomic E-state index is 11.2. The Morgan fingerprint density at radius 3 is 2.29 bits per heavy atom. The van der Waals surface area contributed by atoms with Crippen LogP contribution in [0.15, 0.2) is 0 Å². The average Bonchev–Trinajstić information content (AvgIpc) is 1.61. The van der Waals surface area contributed by atoms with Gasteiger partial charge in [-0.25, -0.2) is 8.78 Å². The third kappa shape index (κ3) is 5.82. The van der Waals surface area contributed by atoms with Gasteiger partial charge in [0.25, 0.3) is 6.43 Å². The Morgan fingerprint density at radius 1 is 1.57 bits per heavy atom. The maximum atomic E-state index is 11.2. The lowest BCUT2D eigenvalue weighted by molar-refractivity contribution is 0.147. The Labute approximate surface area is 41.7 Å². The monoisotopic (exact) mass is 109 g/mol. The van der Waals surface area contributed by atoms with Crippen molar-refractivity contribution in [3.05, 3.63) is 0 Å². The fourth-order valence-corrected chi connectivity index (χ4v) is 0.253. The van der Waals surface area contributed by atoms with Gasteiger partial charge in [-0.1, -0.05) is 6.92 Å². The third-order valence-corrected chi connectivity index (χ3v) is 0.549. The van der Waals surface area contributed by atoms with Gasteiger partial charge in [0, 0.05) is 0 Å². The Morgan fingerprint density at radius 2 is 2.14 bits per heavy atom. The predicted molar refractivity (Wildman–Crippen MR) is 24.5 cm³/mol. The van der Waals surface area contributed by atoms with E-state index in [1.54, 1.807) is 6.92 Å². The molecule has 0 amide bonds. The summed E-state index contributed by atoms with van der Waals surface area (Å²) in [6.07, 6.45) is -2.21. The molecule has 0 fully saturated rings. The maximum Gasteiger partial charge on any atom is 0.250 e. The smallest absolute Gasteiger partial charge is 0.250 e. The molecule has 0 spiro atoms. The molecule has 0 aromatic rings. The molecular formula is C4H9F2N. The van der Waals surface area contributed by atoms with Crippen molar-refractivity contribution in [3.63, 3.8) is 0 Å². The molecule has 0 atom stereocenters. The van der Waals surface area contributed by atoms with E-state index in [-0.39, 0.29) is 6.54 Å². The summed E-state index contributed by atoms with van der Waals surface area (Å²) in [6.45, 7) is 2.23. The van der Waals surface area contributed by atoms with Crippen molar-refractivity contribution in [1.82, 2.24) is 5.32 Å². The summed E-state index contributed by atoms with van der Waals surface area (Å²) in [7, 11) is 0. The molecule has 1 nitrogen and oxygen atoms in total. The SMILES string of the molecule is CCNCC(F)F. The van der Waals surface area contributed by atoms with E-state index in [1.807, 2.05) is 0 Å². The zero-order chi connectivity index (χ0) is 5.70. The van der Waals surface area contributed by atoms with E-state index in [9.17, 15) is 8.78 Å². The fraction of sp³-hybridized carbons (Fsp3) is 1.00. The van der Waals surface area contributed by atoms with Crippen LogP contribution in [0.3, 0.4) is 0 Å². The summed E-state index contributed by atoms with van der Waals surface area (Å²) in [5.41, 5.74) is 0. The molecule has 0 rings (SSSR count). The van der Waals surface area contributed by atoms with Crippen molar-refractivity contribution in [3.8, 4) is 0 Å². The minimum atomic E-state index is -2.21. The van der Waals surface area contributed by atoms with E-state index >= 15 is 0 Å². The summed E-state index contributed by atoms with van der Waals surface area (Å²) < 4.78 is 22.3. The number of alkyl halides is 2. The number of nitrogens with one attached hydrogen (secondary N) is 1. The molecule has 0 saturated carbocycles. The van der Waals surface area contributed by atoms with Crippen molar-refractivity contribution >= 4 is 0 Å². The average molecular weight is 109 g/mol. The van der Waals surface area contributed by atoms with E-state index in [2.05, 4.69) is 5.32 Å². The zero-order valence-electron chi connectivity index (χ0n) is 4.25. The molecular weight excluding hydrogens is 100 g/mol. The van der Waals surface area contributed by atoms with Gasteiger partial charge in [-0.3, -0.25) is 0 Å². The Bertz CT molecular complexity index is 38.7. The van der Waals surface area contributed by atoms with E-state index in [1.165, 1.54) is 0 Å². The second kappa shape index (κ2) is 3.99. The molecule has 7 heavy (non-hydrogen) atoms. The summed E-state index contributed by atoms with van der Waals surface area (Å²) in [5.74, 6) is 0. The molecule has 0 aliphatic carbocycles. The van der Waals surface area contributed by atoms with Crippen LogP contribution >= 0.6 is 0 Å². The second-order valence-electron chi connectivity index (χ2n) is 1.20. The highest BCUT2D eigenvalue weighted by Gasteiger charge is 1.96. The van der Waals surface area contributed by atoms with E-state index in [4.69, 9.17) is 0 Å². The van der Waals surface area contributed by atoms with E-state index in [0.717, 1.165) is 0 Å². The van der Waals surface area contributed by atoms with Crippen LogP contribution in [0.25, 0.3) is 0 Å². The van der Waals surface area contributed by atoms with Crippen molar-refractivity contribution in [2.45, 2.75) is 13.3 Å². The summed E-state index contributed by atoms with van der Waals surface area (Å²) >= 11 is 0. The van der Waals surface area contributed by atoms with Gasteiger partial charge in [0.15, 0.2) is 0 Å². The summed E-state index contributed by atoms with van der Waals surface area (Å²) in [4.78, 5) is 0. The molecule has 0 saturated heterocycles. The Hall–Kier alpha value is -0.180. The molecule has 0 aromatic heterocycles. The molecule has 0 radical (unpaired) electrons. The first-order chi connectivity index (χ1) is 3.27.